The lowest BCUT2D eigenvalue weighted by molar-refractivity contribution is -0.129. The average Bonchev–Trinajstić information content (AvgIpc) is 3.31. The highest BCUT2D eigenvalue weighted by atomic mass is 35.5. The minimum absolute atomic E-state index is 0.0899. The van der Waals surface area contributed by atoms with Crippen molar-refractivity contribution in [1.29, 1.82) is 0 Å². The minimum atomic E-state index is -0.598. The van der Waals surface area contributed by atoms with Crippen LogP contribution in [-0.4, -0.2) is 33.7 Å². The van der Waals surface area contributed by atoms with Crippen molar-refractivity contribution in [3.05, 3.63) is 75.9 Å². The van der Waals surface area contributed by atoms with Crippen LogP contribution in [0.15, 0.2) is 71.0 Å². The molecule has 4 rings (SSSR count). The smallest absolute Gasteiger partial charge is 0.238 e. The van der Waals surface area contributed by atoms with Crippen LogP contribution in [0.2, 0.25) is 5.02 Å². The zero-order chi connectivity index (χ0) is 23.2. The number of carbonyl (C=O) groups is 2. The molecule has 33 heavy (non-hydrogen) atoms. The fraction of sp³-hybridized carbons (Fsp3) is 0.208. The zero-order valence-corrected chi connectivity index (χ0v) is 20.3. The Labute approximate surface area is 205 Å². The van der Waals surface area contributed by atoms with Crippen molar-refractivity contribution in [2.45, 2.75) is 25.1 Å². The predicted octanol–water partition coefficient (Wildman–Crippen LogP) is 5.96. The number of benzene rings is 2. The topological polar surface area (TPSA) is 71.0 Å². The third kappa shape index (κ3) is 6.16. The molecule has 0 radical (unpaired) electrons. The summed E-state index contributed by atoms with van der Waals surface area (Å²) in [6.07, 6.45) is 0.0899. The highest BCUT2D eigenvalue weighted by Gasteiger charge is 2.36. The van der Waals surface area contributed by atoms with Gasteiger partial charge in [0, 0.05) is 28.1 Å². The number of thiophene rings is 1. The molecule has 9 heteroatoms. The van der Waals surface area contributed by atoms with Crippen LogP contribution in [0.1, 0.15) is 18.2 Å². The SMILES string of the molecule is CCOc1cccc(NC(=O)C2CC(=O)N(Cc3cccs3)C(=Nc3ccc(Cl)cc3)S2)c1. The van der Waals surface area contributed by atoms with Crippen LogP contribution in [0.25, 0.3) is 0 Å². The Bertz CT molecular complexity index is 1150. The number of ether oxygens (including phenoxy) is 1. The van der Waals surface area contributed by atoms with Gasteiger partial charge in [0.15, 0.2) is 5.17 Å². The highest BCUT2D eigenvalue weighted by molar-refractivity contribution is 8.15. The summed E-state index contributed by atoms with van der Waals surface area (Å²) in [5.41, 5.74) is 1.28. The average molecular weight is 500 g/mol. The molecule has 0 bridgehead atoms. The van der Waals surface area contributed by atoms with Gasteiger partial charge in [-0.2, -0.15) is 0 Å². The molecule has 1 atom stereocenters. The standard InChI is InChI=1S/C24H22ClN3O3S2/c1-2-31-19-6-3-5-18(13-19)26-23(30)21-14-22(29)28(15-20-7-4-12-32-20)24(33-21)27-17-10-8-16(25)9-11-17/h3-13,21H,2,14-15H2,1H3,(H,26,30). The number of halogens is 1. The van der Waals surface area contributed by atoms with Crippen LogP contribution < -0.4 is 10.1 Å². The maximum atomic E-state index is 13.1. The number of amidine groups is 1. The summed E-state index contributed by atoms with van der Waals surface area (Å²) >= 11 is 8.86. The van der Waals surface area contributed by atoms with E-state index in [0.717, 1.165) is 4.88 Å². The van der Waals surface area contributed by atoms with E-state index >= 15 is 0 Å². The summed E-state index contributed by atoms with van der Waals surface area (Å²) in [6, 6.07) is 18.2. The molecule has 1 aromatic heterocycles. The number of hydrogen-bond acceptors (Lipinski definition) is 6. The molecule has 1 unspecified atom stereocenters. The highest BCUT2D eigenvalue weighted by Crippen LogP contribution is 2.32. The molecule has 2 amide bonds. The minimum Gasteiger partial charge on any atom is -0.494 e. The first kappa shape index (κ1) is 23.4. The summed E-state index contributed by atoms with van der Waals surface area (Å²) in [5.74, 6) is 0.287. The molecule has 0 aliphatic carbocycles. The third-order valence-electron chi connectivity index (χ3n) is 4.79. The van der Waals surface area contributed by atoms with E-state index in [1.54, 1.807) is 52.6 Å². The van der Waals surface area contributed by atoms with Gasteiger partial charge in [-0.05, 0) is 54.8 Å². The molecule has 6 nitrogen and oxygen atoms in total. The molecule has 0 saturated carbocycles. The first-order chi connectivity index (χ1) is 16.0. The van der Waals surface area contributed by atoms with Crippen molar-refractivity contribution in [1.82, 2.24) is 4.90 Å². The number of rotatable bonds is 7. The second-order valence-corrected chi connectivity index (χ2v) is 9.83. The molecule has 1 aliphatic heterocycles. The number of hydrogen-bond donors (Lipinski definition) is 1. The van der Waals surface area contributed by atoms with Crippen LogP contribution in [0, 0.1) is 0 Å². The molecule has 0 spiro atoms. The van der Waals surface area contributed by atoms with Gasteiger partial charge in [0.2, 0.25) is 11.8 Å². The summed E-state index contributed by atoms with van der Waals surface area (Å²) in [7, 11) is 0. The summed E-state index contributed by atoms with van der Waals surface area (Å²) in [4.78, 5) is 33.5. The van der Waals surface area contributed by atoms with E-state index < -0.39 is 5.25 Å². The second kappa shape index (κ2) is 10.9. The Morgan fingerprint density at radius 2 is 2.03 bits per heavy atom. The molecule has 1 aliphatic rings. The molecule has 2 heterocycles. The Balaban J connectivity index is 1.56. The molecule has 1 fully saturated rings. The lowest BCUT2D eigenvalue weighted by Gasteiger charge is -2.31. The lowest BCUT2D eigenvalue weighted by atomic mass is 10.2. The van der Waals surface area contributed by atoms with E-state index in [4.69, 9.17) is 16.3 Å². The quantitative estimate of drug-likeness (QED) is 0.435. The van der Waals surface area contributed by atoms with Crippen molar-refractivity contribution in [2.24, 2.45) is 4.99 Å². The van der Waals surface area contributed by atoms with E-state index in [9.17, 15) is 9.59 Å². The fourth-order valence-corrected chi connectivity index (χ4v) is 5.15. The summed E-state index contributed by atoms with van der Waals surface area (Å²) < 4.78 is 5.50. The molecule has 170 valence electrons. The first-order valence-electron chi connectivity index (χ1n) is 10.4. The van der Waals surface area contributed by atoms with Gasteiger partial charge in [-0.1, -0.05) is 35.5 Å². The van der Waals surface area contributed by atoms with Gasteiger partial charge >= 0.3 is 0 Å². The molecular formula is C24H22ClN3O3S2. The number of anilines is 1. The molecule has 2 aromatic carbocycles. The summed E-state index contributed by atoms with van der Waals surface area (Å²) in [5, 5.41) is 5.37. The van der Waals surface area contributed by atoms with Crippen molar-refractivity contribution in [3.63, 3.8) is 0 Å². The maximum absolute atomic E-state index is 13.1. The fourth-order valence-electron chi connectivity index (χ4n) is 3.23. The van der Waals surface area contributed by atoms with Gasteiger partial charge in [0.1, 0.15) is 11.0 Å². The van der Waals surface area contributed by atoms with Gasteiger partial charge in [-0.15, -0.1) is 11.3 Å². The number of amides is 2. The van der Waals surface area contributed by atoms with Crippen molar-refractivity contribution < 1.29 is 14.3 Å². The van der Waals surface area contributed by atoms with E-state index in [-0.39, 0.29) is 18.2 Å². The Morgan fingerprint density at radius 1 is 1.21 bits per heavy atom. The number of thioether (sulfide) groups is 1. The van der Waals surface area contributed by atoms with Crippen molar-refractivity contribution in [3.8, 4) is 5.75 Å². The van der Waals surface area contributed by atoms with Crippen LogP contribution in [0.5, 0.6) is 5.75 Å². The lowest BCUT2D eigenvalue weighted by Crippen LogP contribution is -2.44. The maximum Gasteiger partial charge on any atom is 0.238 e. The molecule has 3 aromatic rings. The Kier molecular flexibility index (Phi) is 7.69. The van der Waals surface area contributed by atoms with Gasteiger partial charge in [-0.25, -0.2) is 4.99 Å². The first-order valence-corrected chi connectivity index (χ1v) is 12.5. The summed E-state index contributed by atoms with van der Waals surface area (Å²) in [6.45, 7) is 2.86. The van der Waals surface area contributed by atoms with E-state index in [1.807, 2.05) is 36.6 Å². The van der Waals surface area contributed by atoms with Crippen LogP contribution in [0.3, 0.4) is 0 Å². The molecule has 1 saturated heterocycles. The van der Waals surface area contributed by atoms with Crippen LogP contribution >= 0.6 is 34.7 Å². The van der Waals surface area contributed by atoms with Gasteiger partial charge < -0.3 is 10.1 Å². The third-order valence-corrected chi connectivity index (χ3v) is 7.09. The molecular weight excluding hydrogens is 478 g/mol. The number of carbonyl (C=O) groups excluding carboxylic acids is 2. The van der Waals surface area contributed by atoms with Crippen LogP contribution in [0.4, 0.5) is 11.4 Å². The monoisotopic (exact) mass is 499 g/mol. The molecule has 1 N–H and O–H groups in total. The number of nitrogens with one attached hydrogen (secondary N) is 1. The normalized spacial score (nSPS) is 17.3. The number of nitrogens with zero attached hydrogens (tertiary/aromatic N) is 2. The van der Waals surface area contributed by atoms with Crippen molar-refractivity contribution in [2.75, 3.05) is 11.9 Å². The number of aliphatic imine (C=N–C) groups is 1. The van der Waals surface area contributed by atoms with Crippen molar-refractivity contribution >= 4 is 63.1 Å². The Hall–Kier alpha value is -2.81. The van der Waals surface area contributed by atoms with E-state index in [2.05, 4.69) is 10.3 Å². The van der Waals surface area contributed by atoms with E-state index in [0.29, 0.717) is 40.5 Å². The zero-order valence-electron chi connectivity index (χ0n) is 17.9. The predicted molar refractivity (Wildman–Crippen MR) is 136 cm³/mol. The Morgan fingerprint density at radius 3 is 2.76 bits per heavy atom. The largest absolute Gasteiger partial charge is 0.494 e. The van der Waals surface area contributed by atoms with Gasteiger partial charge in [0.25, 0.3) is 0 Å². The second-order valence-electron chi connectivity index (χ2n) is 7.19. The van der Waals surface area contributed by atoms with E-state index in [1.165, 1.54) is 11.8 Å². The van der Waals surface area contributed by atoms with Crippen LogP contribution in [-0.2, 0) is 16.1 Å². The van der Waals surface area contributed by atoms with Gasteiger partial charge in [0.05, 0.1) is 18.8 Å². The van der Waals surface area contributed by atoms with Gasteiger partial charge in [-0.3, -0.25) is 14.5 Å².